The summed E-state index contributed by atoms with van der Waals surface area (Å²) in [6.45, 7) is 5.67. The van der Waals surface area contributed by atoms with E-state index in [-0.39, 0.29) is 11.5 Å². The van der Waals surface area contributed by atoms with Gasteiger partial charge in [0, 0.05) is 13.2 Å². The molecule has 0 aliphatic heterocycles. The molecule has 2 aromatic rings. The minimum atomic E-state index is 0.0221. The van der Waals surface area contributed by atoms with E-state index in [0.29, 0.717) is 11.4 Å². The van der Waals surface area contributed by atoms with Gasteiger partial charge in [0.25, 0.3) is 0 Å². The molecule has 21 heavy (non-hydrogen) atoms. The van der Waals surface area contributed by atoms with Gasteiger partial charge in [-0.05, 0) is 49.2 Å². The van der Waals surface area contributed by atoms with Gasteiger partial charge in [-0.25, -0.2) is 0 Å². The second-order valence-electron chi connectivity index (χ2n) is 4.33. The Hall–Kier alpha value is -2.40. The highest BCUT2D eigenvalue weighted by Gasteiger charge is 2.04. The van der Waals surface area contributed by atoms with Gasteiger partial charge in [-0.1, -0.05) is 12.1 Å². The quantitative estimate of drug-likeness (QED) is 0.514. The van der Waals surface area contributed by atoms with E-state index < -0.39 is 0 Å². The number of anilines is 2. The molecule has 0 saturated carbocycles. The molecule has 0 spiro atoms. The summed E-state index contributed by atoms with van der Waals surface area (Å²) in [6, 6.07) is 9.83. The monoisotopic (exact) mass is 290 g/mol. The van der Waals surface area contributed by atoms with Gasteiger partial charge >= 0.3 is 0 Å². The van der Waals surface area contributed by atoms with E-state index in [1.807, 2.05) is 13.8 Å². The molecule has 6 N–H and O–H groups in total. The molecule has 0 radical (unpaired) electrons. The van der Waals surface area contributed by atoms with Crippen molar-refractivity contribution < 1.29 is 14.9 Å². The molecule has 0 aliphatic carbocycles. The molecule has 0 heterocycles. The number of nitrogens with two attached hydrogens (primary N) is 2. The Kier molecular flexibility index (Phi) is 6.36. The lowest BCUT2D eigenvalue weighted by Gasteiger charge is -2.06. The summed E-state index contributed by atoms with van der Waals surface area (Å²) in [7, 11) is 0. The lowest BCUT2D eigenvalue weighted by atomic mass is 10.0. The van der Waals surface area contributed by atoms with Crippen LogP contribution in [0.3, 0.4) is 0 Å². The molecule has 0 bridgehead atoms. The maximum absolute atomic E-state index is 9.47. The van der Waals surface area contributed by atoms with E-state index >= 15 is 0 Å². The SMILES string of the molecule is CCOCC.Nc1ccc(-c2ccc(N)c(O)c2)cc1O. The van der Waals surface area contributed by atoms with Crippen LogP contribution in [0.5, 0.6) is 11.5 Å². The number of phenolic OH excluding ortho intramolecular Hbond substituents is 2. The highest BCUT2D eigenvalue weighted by molar-refractivity contribution is 5.73. The Labute approximate surface area is 124 Å². The lowest BCUT2D eigenvalue weighted by Crippen LogP contribution is -1.88. The fraction of sp³-hybridized carbons (Fsp3) is 0.250. The van der Waals surface area contributed by atoms with E-state index in [1.54, 1.807) is 36.4 Å². The molecule has 5 heteroatoms. The van der Waals surface area contributed by atoms with Gasteiger partial charge in [0.2, 0.25) is 0 Å². The number of hydrogen-bond donors (Lipinski definition) is 4. The van der Waals surface area contributed by atoms with Crippen LogP contribution in [-0.2, 0) is 4.74 Å². The molecular formula is C16H22N2O3. The smallest absolute Gasteiger partial charge is 0.139 e. The van der Waals surface area contributed by atoms with Gasteiger partial charge in [-0.2, -0.15) is 0 Å². The van der Waals surface area contributed by atoms with Crippen molar-refractivity contribution >= 4 is 11.4 Å². The van der Waals surface area contributed by atoms with Gasteiger partial charge < -0.3 is 26.4 Å². The fourth-order valence-corrected chi connectivity index (χ4v) is 1.65. The van der Waals surface area contributed by atoms with Crippen LogP contribution >= 0.6 is 0 Å². The minimum Gasteiger partial charge on any atom is -0.506 e. The van der Waals surface area contributed by atoms with Crippen LogP contribution in [0.2, 0.25) is 0 Å². The maximum atomic E-state index is 9.47. The molecule has 0 unspecified atom stereocenters. The summed E-state index contributed by atoms with van der Waals surface area (Å²) in [5, 5.41) is 18.9. The first kappa shape index (κ1) is 16.7. The average molecular weight is 290 g/mol. The first-order valence-electron chi connectivity index (χ1n) is 6.74. The topological polar surface area (TPSA) is 102 Å². The Morgan fingerprint density at radius 3 is 1.43 bits per heavy atom. The van der Waals surface area contributed by atoms with Gasteiger partial charge in [-0.3, -0.25) is 0 Å². The average Bonchev–Trinajstić information content (AvgIpc) is 2.46. The number of nitrogen functional groups attached to an aromatic ring is 2. The van der Waals surface area contributed by atoms with Crippen molar-refractivity contribution in [1.82, 2.24) is 0 Å². The second kappa shape index (κ2) is 8.01. The molecule has 0 aliphatic rings. The second-order valence-corrected chi connectivity index (χ2v) is 4.33. The van der Waals surface area contributed by atoms with E-state index in [0.717, 1.165) is 24.3 Å². The number of phenols is 2. The molecule has 0 aromatic heterocycles. The van der Waals surface area contributed by atoms with Crippen LogP contribution in [0.1, 0.15) is 13.8 Å². The summed E-state index contributed by atoms with van der Waals surface area (Å²) in [6.07, 6.45) is 0. The van der Waals surface area contributed by atoms with E-state index in [9.17, 15) is 10.2 Å². The molecule has 0 amide bonds. The van der Waals surface area contributed by atoms with Gasteiger partial charge in [-0.15, -0.1) is 0 Å². The molecular weight excluding hydrogens is 268 g/mol. The summed E-state index contributed by atoms with van der Waals surface area (Å²) in [5.74, 6) is 0.0441. The van der Waals surface area contributed by atoms with Crippen molar-refractivity contribution in [2.75, 3.05) is 24.7 Å². The zero-order valence-electron chi connectivity index (χ0n) is 12.3. The predicted octanol–water partition coefficient (Wildman–Crippen LogP) is 2.97. The molecule has 0 atom stereocenters. The maximum Gasteiger partial charge on any atom is 0.139 e. The zero-order chi connectivity index (χ0) is 15.8. The normalized spacial score (nSPS) is 9.81. The Morgan fingerprint density at radius 2 is 1.19 bits per heavy atom. The summed E-state index contributed by atoms with van der Waals surface area (Å²) < 4.78 is 4.83. The molecule has 114 valence electrons. The van der Waals surface area contributed by atoms with Crippen molar-refractivity contribution in [3.63, 3.8) is 0 Å². The van der Waals surface area contributed by atoms with Crippen LogP contribution in [0, 0.1) is 0 Å². The Balaban J connectivity index is 0.000000383. The first-order valence-corrected chi connectivity index (χ1v) is 6.74. The first-order chi connectivity index (χ1) is 9.99. The summed E-state index contributed by atoms with van der Waals surface area (Å²) in [5.41, 5.74) is 13.2. The van der Waals surface area contributed by atoms with Crippen LogP contribution in [0.15, 0.2) is 36.4 Å². The van der Waals surface area contributed by atoms with Crippen molar-refractivity contribution in [3.8, 4) is 22.6 Å². The number of ether oxygens (including phenoxy) is 1. The van der Waals surface area contributed by atoms with Crippen molar-refractivity contribution in [1.29, 1.82) is 0 Å². The third-order valence-corrected chi connectivity index (χ3v) is 2.80. The van der Waals surface area contributed by atoms with E-state index in [4.69, 9.17) is 16.2 Å². The summed E-state index contributed by atoms with van der Waals surface area (Å²) in [4.78, 5) is 0. The van der Waals surface area contributed by atoms with Crippen molar-refractivity contribution in [3.05, 3.63) is 36.4 Å². The number of hydrogen-bond acceptors (Lipinski definition) is 5. The minimum absolute atomic E-state index is 0.0221. The van der Waals surface area contributed by atoms with Gasteiger partial charge in [0.1, 0.15) is 11.5 Å². The Morgan fingerprint density at radius 1 is 0.810 bits per heavy atom. The summed E-state index contributed by atoms with van der Waals surface area (Å²) >= 11 is 0. The third kappa shape index (κ3) is 4.89. The van der Waals surface area contributed by atoms with Crippen LogP contribution < -0.4 is 11.5 Å². The van der Waals surface area contributed by atoms with Crippen molar-refractivity contribution in [2.45, 2.75) is 13.8 Å². The van der Waals surface area contributed by atoms with Crippen LogP contribution in [0.4, 0.5) is 11.4 Å². The largest absolute Gasteiger partial charge is 0.506 e. The van der Waals surface area contributed by atoms with Gasteiger partial charge in [0.15, 0.2) is 0 Å². The van der Waals surface area contributed by atoms with E-state index in [1.165, 1.54) is 0 Å². The highest BCUT2D eigenvalue weighted by Crippen LogP contribution is 2.31. The lowest BCUT2D eigenvalue weighted by molar-refractivity contribution is 0.162. The highest BCUT2D eigenvalue weighted by atomic mass is 16.5. The number of benzene rings is 2. The number of rotatable bonds is 3. The molecule has 2 aromatic carbocycles. The van der Waals surface area contributed by atoms with Crippen molar-refractivity contribution in [2.24, 2.45) is 0 Å². The van der Waals surface area contributed by atoms with Crippen LogP contribution in [-0.4, -0.2) is 23.4 Å². The zero-order valence-corrected chi connectivity index (χ0v) is 12.3. The molecule has 0 saturated heterocycles. The standard InChI is InChI=1S/C12H12N2O2.C4H10O/c13-9-3-1-7(5-11(9)15)8-2-4-10(14)12(16)6-8;1-3-5-4-2/h1-6,15-16H,13-14H2;3-4H2,1-2H3. The Bertz CT molecular complexity index is 534. The van der Waals surface area contributed by atoms with E-state index in [2.05, 4.69) is 0 Å². The predicted molar refractivity (Wildman–Crippen MR) is 86.2 cm³/mol. The fourth-order valence-electron chi connectivity index (χ4n) is 1.65. The molecule has 0 fully saturated rings. The molecule has 2 rings (SSSR count). The van der Waals surface area contributed by atoms with Gasteiger partial charge in [0.05, 0.1) is 11.4 Å². The molecule has 5 nitrogen and oxygen atoms in total. The number of aromatic hydroxyl groups is 2. The van der Waals surface area contributed by atoms with Crippen LogP contribution in [0.25, 0.3) is 11.1 Å². The third-order valence-electron chi connectivity index (χ3n) is 2.80.